The van der Waals surface area contributed by atoms with Crippen LogP contribution in [0.25, 0.3) is 0 Å². The van der Waals surface area contributed by atoms with Gasteiger partial charge in [-0.3, -0.25) is 9.69 Å². The van der Waals surface area contributed by atoms with Gasteiger partial charge in [-0.05, 0) is 49.4 Å². The number of carbonyl (C=O) groups is 1. The van der Waals surface area contributed by atoms with Crippen molar-refractivity contribution in [2.24, 2.45) is 0 Å². The molecule has 0 radical (unpaired) electrons. The van der Waals surface area contributed by atoms with Crippen LogP contribution < -0.4 is 10.1 Å². The van der Waals surface area contributed by atoms with Crippen molar-refractivity contribution in [2.45, 2.75) is 13.3 Å². The molecule has 25 heavy (non-hydrogen) atoms. The average molecular weight is 363 g/mol. The molecule has 6 heteroatoms. The normalized spacial score (nSPS) is 10.7. The zero-order chi connectivity index (χ0) is 18.1. The van der Waals surface area contributed by atoms with Crippen molar-refractivity contribution in [3.05, 3.63) is 53.6 Å². The molecule has 2 aromatic carbocycles. The lowest BCUT2D eigenvalue weighted by molar-refractivity contribution is -0.117. The monoisotopic (exact) mass is 362 g/mol. The number of hydrogen-bond donors (Lipinski definition) is 2. The summed E-state index contributed by atoms with van der Waals surface area (Å²) in [6.07, 6.45) is 0.932. The summed E-state index contributed by atoms with van der Waals surface area (Å²) in [5, 5.41) is 12.4. The highest BCUT2D eigenvalue weighted by Crippen LogP contribution is 2.29. The van der Waals surface area contributed by atoms with E-state index in [-0.39, 0.29) is 19.1 Å². The molecule has 1 amide bonds. The van der Waals surface area contributed by atoms with Crippen molar-refractivity contribution in [3.63, 3.8) is 0 Å². The Bertz CT molecular complexity index is 671. The van der Waals surface area contributed by atoms with Gasteiger partial charge in [0, 0.05) is 12.2 Å². The minimum Gasteiger partial charge on any atom is -0.456 e. The van der Waals surface area contributed by atoms with Gasteiger partial charge < -0.3 is 15.2 Å². The second kappa shape index (κ2) is 10.0. The number of amides is 1. The van der Waals surface area contributed by atoms with Crippen LogP contribution in [0, 0.1) is 0 Å². The third-order valence-electron chi connectivity index (χ3n) is 3.53. The molecule has 0 aliphatic heterocycles. The molecular weight excluding hydrogens is 340 g/mol. The third kappa shape index (κ3) is 6.38. The number of carbonyl (C=O) groups excluding carboxylic acids is 1. The Hall–Kier alpha value is -2.08. The summed E-state index contributed by atoms with van der Waals surface area (Å²) in [5.74, 6) is 1.11. The molecule has 0 heterocycles. The number of rotatable bonds is 9. The molecule has 134 valence electrons. The number of halogens is 1. The van der Waals surface area contributed by atoms with Gasteiger partial charge in [0.15, 0.2) is 0 Å². The van der Waals surface area contributed by atoms with Crippen LogP contribution in [-0.2, 0) is 4.79 Å². The Morgan fingerprint density at radius 1 is 1.16 bits per heavy atom. The Morgan fingerprint density at radius 2 is 1.88 bits per heavy atom. The molecule has 0 saturated carbocycles. The van der Waals surface area contributed by atoms with Crippen LogP contribution in [0.2, 0.25) is 5.02 Å². The Balaban J connectivity index is 1.91. The smallest absolute Gasteiger partial charge is 0.238 e. The van der Waals surface area contributed by atoms with E-state index in [2.05, 4.69) is 5.32 Å². The predicted molar refractivity (Wildman–Crippen MR) is 100 cm³/mol. The SMILES string of the molecule is CCCN(CCO)CC(=O)Nc1ccc(Oc2ccccc2Cl)cc1. The van der Waals surface area contributed by atoms with Crippen LogP contribution in [0.4, 0.5) is 5.69 Å². The molecule has 2 N–H and O–H groups in total. The molecule has 5 nitrogen and oxygen atoms in total. The van der Waals surface area contributed by atoms with Gasteiger partial charge in [0.25, 0.3) is 0 Å². The fourth-order valence-corrected chi connectivity index (χ4v) is 2.57. The minimum atomic E-state index is -0.110. The highest BCUT2D eigenvalue weighted by atomic mass is 35.5. The first kappa shape index (κ1) is 19.2. The van der Waals surface area contributed by atoms with Crippen LogP contribution in [0.15, 0.2) is 48.5 Å². The Kier molecular flexibility index (Phi) is 7.73. The van der Waals surface area contributed by atoms with Crippen LogP contribution in [-0.4, -0.2) is 42.2 Å². The Labute approximate surface area is 153 Å². The van der Waals surface area contributed by atoms with Gasteiger partial charge in [-0.15, -0.1) is 0 Å². The molecule has 0 aromatic heterocycles. The quantitative estimate of drug-likeness (QED) is 0.712. The summed E-state index contributed by atoms with van der Waals surface area (Å²) in [6.45, 7) is 3.61. The van der Waals surface area contributed by atoms with Crippen LogP contribution in [0.3, 0.4) is 0 Å². The molecule has 0 spiro atoms. The van der Waals surface area contributed by atoms with E-state index in [4.69, 9.17) is 21.4 Å². The number of para-hydroxylation sites is 1. The van der Waals surface area contributed by atoms with Crippen molar-refractivity contribution >= 4 is 23.2 Å². The molecular formula is C19H23ClN2O3. The number of hydrogen-bond acceptors (Lipinski definition) is 4. The molecule has 0 bridgehead atoms. The number of benzene rings is 2. The van der Waals surface area contributed by atoms with Gasteiger partial charge >= 0.3 is 0 Å². The largest absolute Gasteiger partial charge is 0.456 e. The zero-order valence-electron chi connectivity index (χ0n) is 14.2. The summed E-state index contributed by atoms with van der Waals surface area (Å²) >= 11 is 6.07. The van der Waals surface area contributed by atoms with E-state index in [1.807, 2.05) is 24.0 Å². The van der Waals surface area contributed by atoms with Crippen LogP contribution >= 0.6 is 11.6 Å². The van der Waals surface area contributed by atoms with Gasteiger partial charge in [-0.1, -0.05) is 30.7 Å². The molecule has 0 saturated heterocycles. The van der Waals surface area contributed by atoms with Crippen molar-refractivity contribution in [1.82, 2.24) is 4.90 Å². The maximum absolute atomic E-state index is 12.1. The average Bonchev–Trinajstić information content (AvgIpc) is 2.59. The minimum absolute atomic E-state index is 0.0430. The third-order valence-corrected chi connectivity index (χ3v) is 3.84. The molecule has 0 fully saturated rings. The van der Waals surface area contributed by atoms with Crippen molar-refractivity contribution in [3.8, 4) is 11.5 Å². The summed E-state index contributed by atoms with van der Waals surface area (Å²) in [6, 6.07) is 14.4. The van der Waals surface area contributed by atoms with Gasteiger partial charge in [-0.2, -0.15) is 0 Å². The summed E-state index contributed by atoms with van der Waals surface area (Å²) in [5.41, 5.74) is 0.692. The van der Waals surface area contributed by atoms with E-state index >= 15 is 0 Å². The molecule has 0 unspecified atom stereocenters. The molecule has 2 rings (SSSR count). The summed E-state index contributed by atoms with van der Waals surface area (Å²) in [4.78, 5) is 14.0. The van der Waals surface area contributed by atoms with Gasteiger partial charge in [-0.25, -0.2) is 0 Å². The maximum Gasteiger partial charge on any atom is 0.238 e. The number of nitrogens with one attached hydrogen (secondary N) is 1. The molecule has 0 aliphatic rings. The molecule has 2 aromatic rings. The first-order valence-electron chi connectivity index (χ1n) is 8.28. The van der Waals surface area contributed by atoms with Gasteiger partial charge in [0.1, 0.15) is 11.5 Å². The van der Waals surface area contributed by atoms with Gasteiger partial charge in [0.05, 0.1) is 18.2 Å². The highest BCUT2D eigenvalue weighted by molar-refractivity contribution is 6.32. The number of aliphatic hydroxyl groups is 1. The van der Waals surface area contributed by atoms with Crippen molar-refractivity contribution in [1.29, 1.82) is 0 Å². The predicted octanol–water partition coefficient (Wildman–Crippen LogP) is 3.78. The second-order valence-electron chi connectivity index (χ2n) is 5.60. The first-order chi connectivity index (χ1) is 12.1. The number of nitrogens with zero attached hydrogens (tertiary/aromatic N) is 1. The standard InChI is InChI=1S/C19H23ClN2O3/c1-2-11-22(12-13-23)14-19(24)21-15-7-9-16(10-8-15)25-18-6-4-3-5-17(18)20/h3-10,23H,2,11-14H2,1H3,(H,21,24). The van der Waals surface area contributed by atoms with E-state index < -0.39 is 0 Å². The Morgan fingerprint density at radius 3 is 2.52 bits per heavy atom. The van der Waals surface area contributed by atoms with E-state index in [9.17, 15) is 4.79 Å². The lowest BCUT2D eigenvalue weighted by Crippen LogP contribution is -2.35. The van der Waals surface area contributed by atoms with Crippen LogP contribution in [0.1, 0.15) is 13.3 Å². The molecule has 0 aliphatic carbocycles. The topological polar surface area (TPSA) is 61.8 Å². The summed E-state index contributed by atoms with van der Waals surface area (Å²) in [7, 11) is 0. The fraction of sp³-hybridized carbons (Fsp3) is 0.316. The van der Waals surface area contributed by atoms with Crippen molar-refractivity contribution in [2.75, 3.05) is 31.6 Å². The zero-order valence-corrected chi connectivity index (χ0v) is 15.0. The number of aliphatic hydroxyl groups excluding tert-OH is 1. The lowest BCUT2D eigenvalue weighted by atomic mass is 10.3. The highest BCUT2D eigenvalue weighted by Gasteiger charge is 2.10. The molecule has 0 atom stereocenters. The number of anilines is 1. The first-order valence-corrected chi connectivity index (χ1v) is 8.65. The van der Waals surface area contributed by atoms with E-state index in [1.54, 1.807) is 36.4 Å². The van der Waals surface area contributed by atoms with E-state index in [0.717, 1.165) is 13.0 Å². The van der Waals surface area contributed by atoms with Crippen LogP contribution in [0.5, 0.6) is 11.5 Å². The van der Waals surface area contributed by atoms with E-state index in [0.29, 0.717) is 28.8 Å². The van der Waals surface area contributed by atoms with E-state index in [1.165, 1.54) is 0 Å². The van der Waals surface area contributed by atoms with Gasteiger partial charge in [0.2, 0.25) is 5.91 Å². The number of ether oxygens (including phenoxy) is 1. The lowest BCUT2D eigenvalue weighted by Gasteiger charge is -2.19. The maximum atomic E-state index is 12.1. The summed E-state index contributed by atoms with van der Waals surface area (Å²) < 4.78 is 5.72. The second-order valence-corrected chi connectivity index (χ2v) is 6.01. The van der Waals surface area contributed by atoms with Crippen molar-refractivity contribution < 1.29 is 14.6 Å². The fourth-order valence-electron chi connectivity index (χ4n) is 2.39.